The largest absolute Gasteiger partial charge is 0.395 e. The highest BCUT2D eigenvalue weighted by molar-refractivity contribution is 4.80. The van der Waals surface area contributed by atoms with E-state index in [2.05, 4.69) is 25.7 Å². The Hall–Kier alpha value is -0.120. The lowest BCUT2D eigenvalue weighted by Gasteiger charge is -2.35. The van der Waals surface area contributed by atoms with E-state index in [1.165, 1.54) is 0 Å². The molecule has 0 rings (SSSR count). The number of nitrogens with zero attached hydrogens (tertiary/aromatic N) is 1. The van der Waals surface area contributed by atoms with Crippen LogP contribution in [0.1, 0.15) is 34.1 Å². The molecular weight excluding hydrogens is 164 g/mol. The standard InChI is InChI=1S/C10H24N2O/c1-5-6-12(8(2)3)10(7-13)9(4)11/h8-10,13H,5-7,11H2,1-4H3. The Labute approximate surface area is 81.9 Å². The first-order chi connectivity index (χ1) is 6.04. The maximum absolute atomic E-state index is 9.22. The zero-order valence-corrected chi connectivity index (χ0v) is 9.33. The number of nitrogens with two attached hydrogens (primary N) is 1. The first kappa shape index (κ1) is 12.9. The predicted molar refractivity (Wildman–Crippen MR) is 56.7 cm³/mol. The molecule has 0 aliphatic rings. The fraction of sp³-hybridized carbons (Fsp3) is 1.00. The number of hydrogen-bond acceptors (Lipinski definition) is 3. The summed E-state index contributed by atoms with van der Waals surface area (Å²) in [6, 6.07) is 0.571. The zero-order chi connectivity index (χ0) is 10.4. The van der Waals surface area contributed by atoms with Crippen LogP contribution in [0.3, 0.4) is 0 Å². The minimum Gasteiger partial charge on any atom is -0.395 e. The zero-order valence-electron chi connectivity index (χ0n) is 9.33. The number of rotatable bonds is 6. The minimum absolute atomic E-state index is 0.0268. The van der Waals surface area contributed by atoms with Crippen LogP contribution in [0.5, 0.6) is 0 Å². The van der Waals surface area contributed by atoms with Crippen LogP contribution in [0.25, 0.3) is 0 Å². The maximum Gasteiger partial charge on any atom is 0.0601 e. The van der Waals surface area contributed by atoms with Crippen LogP contribution in [0.2, 0.25) is 0 Å². The van der Waals surface area contributed by atoms with Crippen molar-refractivity contribution in [2.45, 2.75) is 52.2 Å². The van der Waals surface area contributed by atoms with Crippen LogP contribution in [0.15, 0.2) is 0 Å². The third kappa shape index (κ3) is 4.07. The fourth-order valence-electron chi connectivity index (χ4n) is 1.64. The van der Waals surface area contributed by atoms with Crippen molar-refractivity contribution in [3.8, 4) is 0 Å². The first-order valence-electron chi connectivity index (χ1n) is 5.16. The van der Waals surface area contributed by atoms with E-state index in [4.69, 9.17) is 5.73 Å². The second-order valence-corrected chi connectivity index (χ2v) is 3.94. The Morgan fingerprint density at radius 3 is 2.08 bits per heavy atom. The van der Waals surface area contributed by atoms with Gasteiger partial charge in [-0.3, -0.25) is 4.90 Å². The van der Waals surface area contributed by atoms with E-state index in [1.807, 2.05) is 6.92 Å². The molecule has 0 radical (unpaired) electrons. The van der Waals surface area contributed by atoms with Crippen molar-refractivity contribution >= 4 is 0 Å². The maximum atomic E-state index is 9.22. The molecule has 0 aromatic rings. The molecule has 0 aromatic heterocycles. The molecule has 3 N–H and O–H groups in total. The van der Waals surface area contributed by atoms with Crippen molar-refractivity contribution in [2.75, 3.05) is 13.2 Å². The summed E-state index contributed by atoms with van der Waals surface area (Å²) >= 11 is 0. The van der Waals surface area contributed by atoms with Gasteiger partial charge in [-0.15, -0.1) is 0 Å². The topological polar surface area (TPSA) is 49.5 Å². The Balaban J connectivity index is 4.29. The van der Waals surface area contributed by atoms with Gasteiger partial charge in [0, 0.05) is 18.1 Å². The summed E-state index contributed by atoms with van der Waals surface area (Å²) in [4.78, 5) is 2.27. The number of hydrogen-bond donors (Lipinski definition) is 2. The minimum atomic E-state index is 0.0268. The predicted octanol–water partition coefficient (Wildman–Crippen LogP) is 0.815. The fourth-order valence-corrected chi connectivity index (χ4v) is 1.64. The van der Waals surface area contributed by atoms with Gasteiger partial charge in [-0.1, -0.05) is 6.92 Å². The molecule has 0 aliphatic carbocycles. The van der Waals surface area contributed by atoms with Gasteiger partial charge >= 0.3 is 0 Å². The van der Waals surface area contributed by atoms with Gasteiger partial charge in [-0.2, -0.15) is 0 Å². The van der Waals surface area contributed by atoms with E-state index in [1.54, 1.807) is 0 Å². The third-order valence-corrected chi connectivity index (χ3v) is 2.37. The van der Waals surface area contributed by atoms with E-state index < -0.39 is 0 Å². The molecule has 2 atom stereocenters. The second-order valence-electron chi connectivity index (χ2n) is 3.94. The SMILES string of the molecule is CCCN(C(C)C)C(CO)C(C)N. The Morgan fingerprint density at radius 2 is 1.85 bits per heavy atom. The van der Waals surface area contributed by atoms with Crippen LogP contribution >= 0.6 is 0 Å². The van der Waals surface area contributed by atoms with E-state index in [-0.39, 0.29) is 18.7 Å². The quantitative estimate of drug-likeness (QED) is 0.648. The highest BCUT2D eigenvalue weighted by Crippen LogP contribution is 2.08. The molecule has 0 fully saturated rings. The van der Waals surface area contributed by atoms with Gasteiger partial charge in [-0.05, 0) is 33.7 Å². The lowest BCUT2D eigenvalue weighted by Crippen LogP contribution is -2.51. The van der Waals surface area contributed by atoms with Crippen molar-refractivity contribution in [3.63, 3.8) is 0 Å². The summed E-state index contributed by atoms with van der Waals surface area (Å²) in [5, 5.41) is 9.22. The van der Waals surface area contributed by atoms with Crippen LogP contribution in [-0.2, 0) is 0 Å². The van der Waals surface area contributed by atoms with Gasteiger partial charge in [-0.25, -0.2) is 0 Å². The summed E-state index contributed by atoms with van der Waals surface area (Å²) < 4.78 is 0. The third-order valence-electron chi connectivity index (χ3n) is 2.37. The molecule has 3 heteroatoms. The lowest BCUT2D eigenvalue weighted by atomic mass is 10.1. The van der Waals surface area contributed by atoms with E-state index in [0.717, 1.165) is 13.0 Å². The highest BCUT2D eigenvalue weighted by Gasteiger charge is 2.22. The molecular formula is C10H24N2O. The summed E-state index contributed by atoms with van der Waals surface area (Å²) in [6.07, 6.45) is 1.10. The number of aliphatic hydroxyl groups excluding tert-OH is 1. The average Bonchev–Trinajstić information content (AvgIpc) is 2.03. The molecule has 3 nitrogen and oxygen atoms in total. The van der Waals surface area contributed by atoms with E-state index >= 15 is 0 Å². The summed E-state index contributed by atoms with van der Waals surface area (Å²) in [6.45, 7) is 9.53. The second kappa shape index (κ2) is 6.35. The van der Waals surface area contributed by atoms with Crippen molar-refractivity contribution in [1.82, 2.24) is 4.90 Å². The summed E-state index contributed by atoms with van der Waals surface area (Å²) in [5.74, 6) is 0. The normalized spacial score (nSPS) is 16.6. The molecule has 0 spiro atoms. The molecule has 0 saturated heterocycles. The van der Waals surface area contributed by atoms with Gasteiger partial charge in [0.05, 0.1) is 6.61 Å². The Bertz CT molecular complexity index is 126. The summed E-state index contributed by atoms with van der Waals surface area (Å²) in [7, 11) is 0. The average molecular weight is 188 g/mol. The van der Waals surface area contributed by atoms with Gasteiger partial charge in [0.15, 0.2) is 0 Å². The van der Waals surface area contributed by atoms with Gasteiger partial charge in [0.2, 0.25) is 0 Å². The molecule has 13 heavy (non-hydrogen) atoms. The van der Waals surface area contributed by atoms with Crippen LogP contribution in [0, 0.1) is 0 Å². The van der Waals surface area contributed by atoms with Gasteiger partial charge in [0.25, 0.3) is 0 Å². The molecule has 0 heterocycles. The smallest absolute Gasteiger partial charge is 0.0601 e. The van der Waals surface area contributed by atoms with Crippen LogP contribution in [0.4, 0.5) is 0 Å². The van der Waals surface area contributed by atoms with Gasteiger partial charge < -0.3 is 10.8 Å². The first-order valence-corrected chi connectivity index (χ1v) is 5.16. The molecule has 2 unspecified atom stereocenters. The summed E-state index contributed by atoms with van der Waals surface area (Å²) in [5.41, 5.74) is 5.81. The molecule has 0 aliphatic heterocycles. The monoisotopic (exact) mass is 188 g/mol. The molecule has 0 bridgehead atoms. The van der Waals surface area contributed by atoms with Crippen LogP contribution < -0.4 is 5.73 Å². The Kier molecular flexibility index (Phi) is 6.29. The van der Waals surface area contributed by atoms with Crippen molar-refractivity contribution in [3.05, 3.63) is 0 Å². The Morgan fingerprint density at radius 1 is 1.31 bits per heavy atom. The molecule has 80 valence electrons. The van der Waals surface area contributed by atoms with Crippen molar-refractivity contribution < 1.29 is 5.11 Å². The van der Waals surface area contributed by atoms with Crippen LogP contribution in [-0.4, -0.2) is 41.3 Å². The van der Waals surface area contributed by atoms with Crippen molar-refractivity contribution in [2.24, 2.45) is 5.73 Å². The molecule has 0 amide bonds. The molecule has 0 saturated carbocycles. The van der Waals surface area contributed by atoms with E-state index in [9.17, 15) is 5.11 Å². The van der Waals surface area contributed by atoms with Crippen molar-refractivity contribution in [1.29, 1.82) is 0 Å². The molecule has 0 aromatic carbocycles. The lowest BCUT2D eigenvalue weighted by molar-refractivity contribution is 0.0821. The van der Waals surface area contributed by atoms with E-state index in [0.29, 0.717) is 6.04 Å². The van der Waals surface area contributed by atoms with Gasteiger partial charge in [0.1, 0.15) is 0 Å². The highest BCUT2D eigenvalue weighted by atomic mass is 16.3. The number of aliphatic hydroxyl groups is 1.